The number of aromatic nitrogens is 2. The summed E-state index contributed by atoms with van der Waals surface area (Å²) in [5.41, 5.74) is 4.34. The van der Waals surface area contributed by atoms with Gasteiger partial charge < -0.3 is 15.8 Å². The van der Waals surface area contributed by atoms with Gasteiger partial charge in [0.2, 0.25) is 0 Å². The van der Waals surface area contributed by atoms with E-state index in [1.54, 1.807) is 0 Å². The first-order valence-corrected chi connectivity index (χ1v) is 8.64. The minimum atomic E-state index is -1.09. The molecule has 9 nitrogen and oxygen atoms in total. The predicted octanol–water partition coefficient (Wildman–Crippen LogP) is 0.708. The minimum absolute atomic E-state index is 0.451. The summed E-state index contributed by atoms with van der Waals surface area (Å²) >= 11 is 0. The monoisotopic (exact) mass is 394 g/mol. The van der Waals surface area contributed by atoms with Crippen molar-refractivity contribution in [3.05, 3.63) is 98.3 Å². The molecule has 0 spiro atoms. The second-order valence-corrected chi connectivity index (χ2v) is 6.09. The fraction of sp³-hybridized carbons (Fsp3) is 0.100. The molecule has 0 bridgehead atoms. The van der Waals surface area contributed by atoms with Crippen molar-refractivity contribution in [1.82, 2.24) is 15.3 Å². The van der Waals surface area contributed by atoms with Crippen molar-refractivity contribution in [2.24, 2.45) is 0 Å². The highest BCUT2D eigenvalue weighted by Gasteiger charge is 2.20. The zero-order chi connectivity index (χ0) is 20.8. The Balaban J connectivity index is 1.72. The van der Waals surface area contributed by atoms with Crippen molar-refractivity contribution < 1.29 is 14.3 Å². The summed E-state index contributed by atoms with van der Waals surface area (Å²) in [4.78, 5) is 51.2. The molecule has 0 aliphatic rings. The maximum Gasteiger partial charge on any atom is 0.357 e. The second-order valence-electron chi connectivity index (χ2n) is 6.09. The number of nitrogens with one attached hydrogen (secondary N) is 3. The second kappa shape index (κ2) is 8.70. The van der Waals surface area contributed by atoms with Crippen LogP contribution < -0.4 is 22.3 Å². The van der Waals surface area contributed by atoms with E-state index in [0.29, 0.717) is 0 Å². The molecule has 1 heterocycles. The van der Waals surface area contributed by atoms with Gasteiger partial charge in [-0.3, -0.25) is 19.6 Å². The molecule has 3 rings (SSSR count). The van der Waals surface area contributed by atoms with Crippen LogP contribution in [0, 0.1) is 0 Å². The normalized spacial score (nSPS) is 10.5. The first-order chi connectivity index (χ1) is 14.0. The number of nitrogen functional groups attached to an aromatic ring is 1. The van der Waals surface area contributed by atoms with Gasteiger partial charge in [-0.2, -0.15) is 0 Å². The van der Waals surface area contributed by atoms with Gasteiger partial charge >= 0.3 is 11.7 Å². The molecule has 0 atom stereocenters. The van der Waals surface area contributed by atoms with Gasteiger partial charge in [0.1, 0.15) is 5.69 Å². The van der Waals surface area contributed by atoms with Crippen LogP contribution >= 0.6 is 0 Å². The van der Waals surface area contributed by atoms with E-state index in [1.807, 2.05) is 65.6 Å². The van der Waals surface area contributed by atoms with Crippen molar-refractivity contribution in [3.8, 4) is 0 Å². The summed E-state index contributed by atoms with van der Waals surface area (Å²) in [6.07, 6.45) is 0. The van der Waals surface area contributed by atoms with E-state index in [-0.39, 0.29) is 0 Å². The lowest BCUT2D eigenvalue weighted by atomic mass is 9.99. The fourth-order valence-electron chi connectivity index (χ4n) is 2.71. The Morgan fingerprint density at radius 2 is 1.48 bits per heavy atom. The lowest BCUT2D eigenvalue weighted by Gasteiger charge is -2.20. The number of hydrogen-bond donors (Lipinski definition) is 4. The van der Waals surface area contributed by atoms with E-state index < -0.39 is 47.2 Å². The van der Waals surface area contributed by atoms with Gasteiger partial charge in [0.15, 0.2) is 12.3 Å². The van der Waals surface area contributed by atoms with Crippen LogP contribution in [0.1, 0.15) is 27.7 Å². The molecule has 1 aromatic heterocycles. The number of amides is 1. The Labute approximate surface area is 164 Å². The first-order valence-electron chi connectivity index (χ1n) is 8.64. The average molecular weight is 394 g/mol. The molecule has 0 radical (unpaired) electrons. The highest BCUT2D eigenvalue weighted by Crippen LogP contribution is 2.21. The standard InChI is InChI=1S/C20H18N4O5/c21-15-17(23-20(28)24-18(15)26)19(27)29-11-14(25)22-16(12-7-3-1-4-8-12)13-9-5-2-6-10-13/h1-10,16H,11,21H2,(H,22,25)(H2,23,24,26,28). The van der Waals surface area contributed by atoms with Gasteiger partial charge in [0.25, 0.3) is 11.5 Å². The third-order valence-corrected chi connectivity index (χ3v) is 4.09. The van der Waals surface area contributed by atoms with Crippen LogP contribution in [-0.4, -0.2) is 28.5 Å². The number of anilines is 1. The minimum Gasteiger partial charge on any atom is -0.451 e. The summed E-state index contributed by atoms with van der Waals surface area (Å²) in [7, 11) is 0. The fourth-order valence-corrected chi connectivity index (χ4v) is 2.71. The van der Waals surface area contributed by atoms with Crippen LogP contribution in [0.5, 0.6) is 0 Å². The molecule has 0 unspecified atom stereocenters. The van der Waals surface area contributed by atoms with Crippen molar-refractivity contribution in [2.75, 3.05) is 12.3 Å². The van der Waals surface area contributed by atoms with E-state index in [9.17, 15) is 19.2 Å². The molecule has 0 fully saturated rings. The summed E-state index contributed by atoms with van der Waals surface area (Å²) in [6.45, 7) is -0.622. The molecular formula is C20H18N4O5. The Bertz CT molecular complexity index is 1080. The van der Waals surface area contributed by atoms with Crippen molar-refractivity contribution in [2.45, 2.75) is 6.04 Å². The zero-order valence-electron chi connectivity index (χ0n) is 15.2. The van der Waals surface area contributed by atoms with Crippen LogP contribution in [0.3, 0.4) is 0 Å². The van der Waals surface area contributed by atoms with E-state index in [1.165, 1.54) is 0 Å². The molecule has 9 heteroatoms. The van der Waals surface area contributed by atoms with Gasteiger partial charge in [-0.15, -0.1) is 0 Å². The molecule has 2 aromatic carbocycles. The SMILES string of the molecule is Nc1c(C(=O)OCC(=O)NC(c2ccccc2)c2ccccc2)[nH]c(=O)[nH]c1=O. The van der Waals surface area contributed by atoms with Crippen molar-refractivity contribution in [3.63, 3.8) is 0 Å². The number of rotatable bonds is 6. The maximum absolute atomic E-state index is 12.4. The molecule has 0 saturated heterocycles. The third kappa shape index (κ3) is 4.78. The first kappa shape index (κ1) is 19.6. The lowest BCUT2D eigenvalue weighted by Crippen LogP contribution is -2.34. The highest BCUT2D eigenvalue weighted by molar-refractivity contribution is 5.93. The van der Waals surface area contributed by atoms with Crippen LogP contribution in [-0.2, 0) is 9.53 Å². The van der Waals surface area contributed by atoms with Gasteiger partial charge in [-0.1, -0.05) is 60.7 Å². The van der Waals surface area contributed by atoms with E-state index in [4.69, 9.17) is 10.5 Å². The molecule has 0 aliphatic carbocycles. The largest absolute Gasteiger partial charge is 0.451 e. The molecule has 29 heavy (non-hydrogen) atoms. The van der Waals surface area contributed by atoms with Gasteiger partial charge in [-0.05, 0) is 11.1 Å². The van der Waals surface area contributed by atoms with Crippen molar-refractivity contribution >= 4 is 17.6 Å². The summed E-state index contributed by atoms with van der Waals surface area (Å²) < 4.78 is 4.90. The summed E-state index contributed by atoms with van der Waals surface area (Å²) in [6, 6.07) is 18.1. The number of carbonyl (C=O) groups excluding carboxylic acids is 2. The number of carbonyl (C=O) groups is 2. The quantitative estimate of drug-likeness (QED) is 0.453. The van der Waals surface area contributed by atoms with E-state index in [2.05, 4.69) is 10.3 Å². The third-order valence-electron chi connectivity index (χ3n) is 4.09. The number of aromatic amines is 2. The Kier molecular flexibility index (Phi) is 5.88. The smallest absolute Gasteiger partial charge is 0.357 e. The number of H-pyrrole nitrogens is 2. The Hall–Kier alpha value is -4.14. The molecular weight excluding hydrogens is 376 g/mol. The molecule has 5 N–H and O–H groups in total. The molecule has 148 valence electrons. The molecule has 3 aromatic rings. The molecule has 0 aliphatic heterocycles. The number of benzene rings is 2. The maximum atomic E-state index is 12.4. The molecule has 1 amide bonds. The van der Waals surface area contributed by atoms with E-state index >= 15 is 0 Å². The van der Waals surface area contributed by atoms with Gasteiger partial charge in [0.05, 0.1) is 6.04 Å². The van der Waals surface area contributed by atoms with Crippen molar-refractivity contribution in [1.29, 1.82) is 0 Å². The topological polar surface area (TPSA) is 147 Å². The summed E-state index contributed by atoms with van der Waals surface area (Å²) in [5.74, 6) is -1.65. The Morgan fingerprint density at radius 3 is 2.03 bits per heavy atom. The van der Waals surface area contributed by atoms with Crippen LogP contribution in [0.4, 0.5) is 5.69 Å². The van der Waals surface area contributed by atoms with Crippen LogP contribution in [0.15, 0.2) is 70.3 Å². The average Bonchev–Trinajstić information content (AvgIpc) is 2.74. The van der Waals surface area contributed by atoms with Crippen LogP contribution in [0.25, 0.3) is 0 Å². The predicted molar refractivity (Wildman–Crippen MR) is 105 cm³/mol. The van der Waals surface area contributed by atoms with Gasteiger partial charge in [-0.25, -0.2) is 9.59 Å². The van der Waals surface area contributed by atoms with Gasteiger partial charge in [0, 0.05) is 0 Å². The number of hydrogen-bond acceptors (Lipinski definition) is 6. The number of ether oxygens (including phenoxy) is 1. The Morgan fingerprint density at radius 1 is 0.931 bits per heavy atom. The lowest BCUT2D eigenvalue weighted by molar-refractivity contribution is -0.124. The van der Waals surface area contributed by atoms with E-state index in [0.717, 1.165) is 11.1 Å². The summed E-state index contributed by atoms with van der Waals surface area (Å²) in [5, 5.41) is 2.81. The number of nitrogens with two attached hydrogens (primary N) is 1. The van der Waals surface area contributed by atoms with Crippen LogP contribution in [0.2, 0.25) is 0 Å². The highest BCUT2D eigenvalue weighted by atomic mass is 16.5. The zero-order valence-corrected chi connectivity index (χ0v) is 15.2. The number of esters is 1. The molecule has 0 saturated carbocycles.